The van der Waals surface area contributed by atoms with Crippen LogP contribution in [-0.2, 0) is 17.8 Å². The van der Waals surface area contributed by atoms with Crippen LogP contribution in [0.1, 0.15) is 52.5 Å². The van der Waals surface area contributed by atoms with E-state index in [2.05, 4.69) is 25.7 Å². The fourth-order valence-electron chi connectivity index (χ4n) is 5.05. The minimum absolute atomic E-state index is 0.0355. The molecule has 0 spiro atoms. The van der Waals surface area contributed by atoms with Crippen molar-refractivity contribution in [3.8, 4) is 11.3 Å². The number of nitrogens with zero attached hydrogens (tertiary/aromatic N) is 3. The third-order valence-corrected chi connectivity index (χ3v) is 6.96. The maximum Gasteiger partial charge on any atom is 0.274 e. The summed E-state index contributed by atoms with van der Waals surface area (Å²) in [5, 5.41) is 11.3. The average Bonchev–Trinajstić information content (AvgIpc) is 3.47. The molecule has 1 aliphatic rings. The van der Waals surface area contributed by atoms with Gasteiger partial charge in [-0.3, -0.25) is 19.4 Å². The Morgan fingerprint density at radius 2 is 2.00 bits per heavy atom. The zero-order valence-electron chi connectivity index (χ0n) is 21.3. The van der Waals surface area contributed by atoms with Gasteiger partial charge in [0.2, 0.25) is 5.91 Å². The number of aromatic nitrogens is 4. The van der Waals surface area contributed by atoms with Gasteiger partial charge in [-0.2, -0.15) is 5.10 Å². The molecule has 0 fully saturated rings. The van der Waals surface area contributed by atoms with Crippen molar-refractivity contribution in [1.82, 2.24) is 24.9 Å². The van der Waals surface area contributed by atoms with Gasteiger partial charge >= 0.3 is 0 Å². The number of H-pyrrole nitrogens is 1. The van der Waals surface area contributed by atoms with Crippen LogP contribution in [0, 0.1) is 6.92 Å². The molecule has 3 N–H and O–H groups in total. The van der Waals surface area contributed by atoms with Crippen molar-refractivity contribution in [3.05, 3.63) is 93.2 Å². The Kier molecular flexibility index (Phi) is 5.56. The number of benzene rings is 2. The average molecular weight is 507 g/mol. The lowest BCUT2D eigenvalue weighted by Crippen LogP contribution is -2.24. The lowest BCUT2D eigenvalue weighted by atomic mass is 10.0. The van der Waals surface area contributed by atoms with Crippen LogP contribution in [0.4, 0.5) is 5.69 Å². The second-order valence-corrected chi connectivity index (χ2v) is 9.97. The summed E-state index contributed by atoms with van der Waals surface area (Å²) in [6.45, 7) is 6.14. The molecule has 4 heterocycles. The zero-order valence-corrected chi connectivity index (χ0v) is 21.3. The number of pyridine rings is 1. The van der Waals surface area contributed by atoms with Crippen molar-refractivity contribution in [1.29, 1.82) is 0 Å². The SMILES string of the molecule is Cc1cccc2ncc(-c3cn4nc(C(=O)NCc5ccc6c(c5)NC(=O)C6)c(C(C)C)c4c(=O)[nH]3)cc12. The first-order chi connectivity index (χ1) is 18.3. The van der Waals surface area contributed by atoms with Crippen molar-refractivity contribution in [2.75, 3.05) is 5.32 Å². The van der Waals surface area contributed by atoms with Crippen LogP contribution in [0.15, 0.2) is 59.7 Å². The minimum atomic E-state index is -0.370. The zero-order chi connectivity index (χ0) is 26.6. The third-order valence-electron chi connectivity index (χ3n) is 6.96. The fraction of sp³-hybridized carbons (Fsp3) is 0.207. The highest BCUT2D eigenvalue weighted by molar-refractivity contribution is 5.99. The van der Waals surface area contributed by atoms with Gasteiger partial charge in [0, 0.05) is 34.9 Å². The van der Waals surface area contributed by atoms with Gasteiger partial charge in [0.05, 0.1) is 23.8 Å². The Bertz CT molecular complexity index is 1830. The van der Waals surface area contributed by atoms with Gasteiger partial charge < -0.3 is 15.6 Å². The largest absolute Gasteiger partial charge is 0.347 e. The molecule has 9 heteroatoms. The van der Waals surface area contributed by atoms with E-state index in [1.54, 1.807) is 12.4 Å². The molecule has 0 saturated heterocycles. The van der Waals surface area contributed by atoms with Crippen molar-refractivity contribution in [2.45, 2.75) is 39.7 Å². The van der Waals surface area contributed by atoms with Gasteiger partial charge in [-0.1, -0.05) is 38.1 Å². The summed E-state index contributed by atoms with van der Waals surface area (Å²) in [6.07, 6.45) is 3.81. The molecule has 6 rings (SSSR count). The minimum Gasteiger partial charge on any atom is -0.347 e. The van der Waals surface area contributed by atoms with Crippen molar-refractivity contribution in [3.63, 3.8) is 0 Å². The van der Waals surface area contributed by atoms with E-state index in [9.17, 15) is 14.4 Å². The molecule has 5 aromatic rings. The second kappa shape index (κ2) is 8.95. The van der Waals surface area contributed by atoms with Crippen LogP contribution in [-0.4, -0.2) is 31.4 Å². The standard InChI is InChI=1S/C29H26N6O3/c1-15(2)25-26(28(37)31-12-17-7-8-18-11-24(36)32-22(18)9-17)34-35-14-23(33-29(38)27(25)35)19-10-20-16(3)5-4-6-21(20)30-13-19/h4-10,13-15H,11-12H2,1-3H3,(H,31,37)(H,32,36)(H,33,38). The molecule has 2 amide bonds. The Labute approximate surface area is 217 Å². The molecule has 1 aliphatic heterocycles. The van der Waals surface area contributed by atoms with E-state index in [0.717, 1.165) is 38.8 Å². The third kappa shape index (κ3) is 4.02. The molecule has 190 valence electrons. The van der Waals surface area contributed by atoms with E-state index in [-0.39, 0.29) is 35.5 Å². The van der Waals surface area contributed by atoms with E-state index >= 15 is 0 Å². The first kappa shape index (κ1) is 23.6. The molecule has 0 bridgehead atoms. The summed E-state index contributed by atoms with van der Waals surface area (Å²) in [7, 11) is 0. The first-order valence-corrected chi connectivity index (χ1v) is 12.5. The van der Waals surface area contributed by atoms with Crippen LogP contribution in [0.3, 0.4) is 0 Å². The number of nitrogens with one attached hydrogen (secondary N) is 3. The maximum atomic E-state index is 13.3. The number of anilines is 1. The Hall–Kier alpha value is -4.79. The topological polar surface area (TPSA) is 121 Å². The predicted molar refractivity (Wildman–Crippen MR) is 145 cm³/mol. The summed E-state index contributed by atoms with van der Waals surface area (Å²) >= 11 is 0. The number of carbonyl (C=O) groups is 2. The highest BCUT2D eigenvalue weighted by atomic mass is 16.2. The van der Waals surface area contributed by atoms with Gasteiger partial charge in [0.1, 0.15) is 5.52 Å². The van der Waals surface area contributed by atoms with E-state index in [1.807, 2.05) is 63.2 Å². The lowest BCUT2D eigenvalue weighted by molar-refractivity contribution is -0.115. The number of amides is 2. The highest BCUT2D eigenvalue weighted by Crippen LogP contribution is 2.27. The van der Waals surface area contributed by atoms with Crippen LogP contribution in [0.2, 0.25) is 0 Å². The van der Waals surface area contributed by atoms with Gasteiger partial charge in [-0.15, -0.1) is 0 Å². The van der Waals surface area contributed by atoms with E-state index in [0.29, 0.717) is 23.2 Å². The summed E-state index contributed by atoms with van der Waals surface area (Å²) in [6, 6.07) is 13.6. The molecule has 0 unspecified atom stereocenters. The lowest BCUT2D eigenvalue weighted by Gasteiger charge is -2.09. The Morgan fingerprint density at radius 3 is 2.82 bits per heavy atom. The summed E-state index contributed by atoms with van der Waals surface area (Å²) in [5.74, 6) is -0.516. The van der Waals surface area contributed by atoms with Gasteiger partial charge in [-0.25, -0.2) is 4.52 Å². The second-order valence-electron chi connectivity index (χ2n) is 9.97. The molecule has 0 radical (unpaired) electrons. The van der Waals surface area contributed by atoms with E-state index in [4.69, 9.17) is 0 Å². The smallest absolute Gasteiger partial charge is 0.274 e. The quantitative estimate of drug-likeness (QED) is 0.331. The number of rotatable bonds is 5. The summed E-state index contributed by atoms with van der Waals surface area (Å²) in [5.41, 5.74) is 6.67. The number of aryl methyl sites for hydroxylation is 1. The van der Waals surface area contributed by atoms with Gasteiger partial charge in [0.15, 0.2) is 5.69 Å². The first-order valence-electron chi connectivity index (χ1n) is 12.5. The molecule has 9 nitrogen and oxygen atoms in total. The van der Waals surface area contributed by atoms with Crippen molar-refractivity contribution >= 4 is 33.9 Å². The molecule has 3 aromatic heterocycles. The number of hydrogen-bond acceptors (Lipinski definition) is 5. The van der Waals surface area contributed by atoms with Crippen LogP contribution in [0.5, 0.6) is 0 Å². The van der Waals surface area contributed by atoms with Gasteiger partial charge in [0.25, 0.3) is 11.5 Å². The van der Waals surface area contributed by atoms with Crippen LogP contribution in [0.25, 0.3) is 27.7 Å². The van der Waals surface area contributed by atoms with E-state index < -0.39 is 0 Å². The highest BCUT2D eigenvalue weighted by Gasteiger charge is 2.24. The predicted octanol–water partition coefficient (Wildman–Crippen LogP) is 4.09. The number of fused-ring (bicyclic) bond motifs is 3. The van der Waals surface area contributed by atoms with Crippen molar-refractivity contribution in [2.24, 2.45) is 0 Å². The Morgan fingerprint density at radius 1 is 1.16 bits per heavy atom. The molecule has 0 atom stereocenters. The number of hydrogen-bond donors (Lipinski definition) is 3. The molecule has 38 heavy (non-hydrogen) atoms. The molecular formula is C29H26N6O3. The Balaban J connectivity index is 1.35. The normalized spacial score (nSPS) is 12.8. The number of carbonyl (C=O) groups excluding carboxylic acids is 2. The summed E-state index contributed by atoms with van der Waals surface area (Å²) in [4.78, 5) is 45.7. The van der Waals surface area contributed by atoms with Crippen LogP contribution >= 0.6 is 0 Å². The van der Waals surface area contributed by atoms with Gasteiger partial charge in [-0.05, 0) is 47.7 Å². The van der Waals surface area contributed by atoms with Crippen molar-refractivity contribution < 1.29 is 9.59 Å². The molecule has 2 aromatic carbocycles. The number of aromatic amines is 1. The van der Waals surface area contributed by atoms with Crippen LogP contribution < -0.4 is 16.2 Å². The maximum absolute atomic E-state index is 13.3. The summed E-state index contributed by atoms with van der Waals surface area (Å²) < 4.78 is 1.49. The van der Waals surface area contributed by atoms with E-state index in [1.165, 1.54) is 4.52 Å². The molecule has 0 saturated carbocycles. The fourth-order valence-corrected chi connectivity index (χ4v) is 5.05. The molecule has 0 aliphatic carbocycles. The monoisotopic (exact) mass is 506 g/mol. The molecular weight excluding hydrogens is 480 g/mol.